The molecule has 0 saturated carbocycles. The normalized spacial score (nSPS) is 10.4. The van der Waals surface area contributed by atoms with E-state index in [1.54, 1.807) is 26.4 Å². The van der Waals surface area contributed by atoms with Crippen molar-refractivity contribution in [3.8, 4) is 11.5 Å². The van der Waals surface area contributed by atoms with E-state index >= 15 is 0 Å². The molecule has 0 aliphatic heterocycles. The van der Waals surface area contributed by atoms with Crippen LogP contribution >= 0.6 is 11.6 Å². The van der Waals surface area contributed by atoms with Crippen molar-refractivity contribution < 1.29 is 19.1 Å². The Balaban J connectivity index is 1.98. The van der Waals surface area contributed by atoms with Crippen LogP contribution in [0.4, 0.5) is 5.69 Å². The number of carbonyl (C=O) groups excluding carboxylic acids is 2. The van der Waals surface area contributed by atoms with Crippen LogP contribution in [0, 0.1) is 6.92 Å². The zero-order valence-corrected chi connectivity index (χ0v) is 18.0. The summed E-state index contributed by atoms with van der Waals surface area (Å²) in [4.78, 5) is 26.6. The van der Waals surface area contributed by atoms with Crippen molar-refractivity contribution >= 4 is 29.1 Å². The summed E-state index contributed by atoms with van der Waals surface area (Å²) in [6.45, 7) is 4.16. The van der Waals surface area contributed by atoms with Crippen molar-refractivity contribution in [2.24, 2.45) is 0 Å². The number of hydrogen-bond donors (Lipinski definition) is 1. The average Bonchev–Trinajstić information content (AvgIpc) is 2.72. The number of ether oxygens (including phenoxy) is 2. The van der Waals surface area contributed by atoms with E-state index < -0.39 is 0 Å². The molecule has 1 N–H and O–H groups in total. The van der Waals surface area contributed by atoms with Crippen LogP contribution in [-0.4, -0.2) is 44.0 Å². The summed E-state index contributed by atoms with van der Waals surface area (Å²) in [5, 5.41) is 3.37. The Kier molecular flexibility index (Phi) is 8.34. The monoisotopic (exact) mass is 418 g/mol. The van der Waals surface area contributed by atoms with Crippen LogP contribution < -0.4 is 14.8 Å². The fourth-order valence-corrected chi connectivity index (χ4v) is 3.19. The molecule has 0 aromatic heterocycles. The molecule has 0 saturated heterocycles. The molecular weight excluding hydrogens is 392 g/mol. The van der Waals surface area contributed by atoms with Gasteiger partial charge < -0.3 is 19.7 Å². The first-order chi connectivity index (χ1) is 13.9. The number of para-hydroxylation sites is 1. The first-order valence-electron chi connectivity index (χ1n) is 9.43. The molecule has 0 aliphatic rings. The topological polar surface area (TPSA) is 67.9 Å². The minimum Gasteiger partial charge on any atom is -0.493 e. The van der Waals surface area contributed by atoms with E-state index in [1.807, 2.05) is 38.1 Å². The van der Waals surface area contributed by atoms with Crippen LogP contribution in [0.3, 0.4) is 0 Å². The highest BCUT2D eigenvalue weighted by Gasteiger charge is 2.18. The number of nitrogens with one attached hydrogen (secondary N) is 1. The first-order valence-corrected chi connectivity index (χ1v) is 9.81. The molecule has 2 rings (SSSR count). The lowest BCUT2D eigenvalue weighted by Gasteiger charge is -2.21. The molecule has 156 valence electrons. The lowest BCUT2D eigenvalue weighted by atomic mass is 10.1. The zero-order chi connectivity index (χ0) is 21.4. The highest BCUT2D eigenvalue weighted by Crippen LogP contribution is 2.31. The molecule has 0 atom stereocenters. The van der Waals surface area contributed by atoms with Crippen molar-refractivity contribution in [3.05, 3.63) is 52.5 Å². The number of nitrogens with zero attached hydrogens (tertiary/aromatic N) is 1. The number of amides is 2. The molecule has 7 heteroatoms. The Morgan fingerprint density at radius 2 is 1.90 bits per heavy atom. The Morgan fingerprint density at radius 1 is 1.14 bits per heavy atom. The van der Waals surface area contributed by atoms with Crippen molar-refractivity contribution in [2.45, 2.75) is 26.7 Å². The number of likely N-dealkylation sites (N-methyl/N-ethyl adjacent to an activating group) is 1. The van der Waals surface area contributed by atoms with E-state index in [4.69, 9.17) is 21.1 Å². The number of benzene rings is 2. The second-order valence-electron chi connectivity index (χ2n) is 6.57. The third-order valence-corrected chi connectivity index (χ3v) is 4.87. The number of aryl methyl sites for hydroxylation is 2. The zero-order valence-electron chi connectivity index (χ0n) is 17.3. The van der Waals surface area contributed by atoms with Gasteiger partial charge in [-0.1, -0.05) is 29.8 Å². The van der Waals surface area contributed by atoms with Gasteiger partial charge in [0.1, 0.15) is 0 Å². The van der Waals surface area contributed by atoms with Crippen molar-refractivity contribution in [1.82, 2.24) is 4.90 Å². The summed E-state index contributed by atoms with van der Waals surface area (Å²) in [5.74, 6) is 0.890. The van der Waals surface area contributed by atoms with Crippen LogP contribution in [0.5, 0.6) is 11.5 Å². The van der Waals surface area contributed by atoms with Crippen LogP contribution in [0.15, 0.2) is 36.4 Å². The van der Waals surface area contributed by atoms with Gasteiger partial charge in [-0.25, -0.2) is 0 Å². The van der Waals surface area contributed by atoms with Crippen LogP contribution in [0.2, 0.25) is 5.02 Å². The maximum absolute atomic E-state index is 12.7. The van der Waals surface area contributed by atoms with Gasteiger partial charge in [-0.3, -0.25) is 9.59 Å². The Bertz CT molecular complexity index is 870. The molecular formula is C22H27ClN2O4. The third-order valence-electron chi connectivity index (χ3n) is 4.64. The standard InChI is InChI=1S/C22H27ClN2O4/c1-5-25(14-20(26)24-18-13-17(23)11-9-15(18)2)21(27)12-10-16-7-6-8-19(28-3)22(16)29-4/h6-9,11,13H,5,10,12,14H2,1-4H3,(H,24,26). The minimum atomic E-state index is -0.260. The van der Waals surface area contributed by atoms with Gasteiger partial charge in [0.25, 0.3) is 0 Å². The van der Waals surface area contributed by atoms with E-state index in [1.165, 1.54) is 4.90 Å². The molecule has 6 nitrogen and oxygen atoms in total. The van der Waals surface area contributed by atoms with Crippen LogP contribution in [0.25, 0.3) is 0 Å². The minimum absolute atomic E-state index is 0.0173. The smallest absolute Gasteiger partial charge is 0.244 e. The maximum Gasteiger partial charge on any atom is 0.244 e. The molecule has 0 heterocycles. The summed E-state index contributed by atoms with van der Waals surface area (Å²) in [5.41, 5.74) is 2.43. The molecule has 0 fully saturated rings. The first kappa shape index (κ1) is 22.6. The molecule has 29 heavy (non-hydrogen) atoms. The van der Waals surface area contributed by atoms with E-state index in [2.05, 4.69) is 5.32 Å². The number of rotatable bonds is 9. The fourth-order valence-electron chi connectivity index (χ4n) is 3.02. The lowest BCUT2D eigenvalue weighted by Crippen LogP contribution is -2.38. The Hall–Kier alpha value is -2.73. The van der Waals surface area contributed by atoms with E-state index in [-0.39, 0.29) is 24.8 Å². The second kappa shape index (κ2) is 10.7. The van der Waals surface area contributed by atoms with Gasteiger partial charge in [0.05, 0.1) is 20.8 Å². The molecule has 0 bridgehead atoms. The maximum atomic E-state index is 12.7. The molecule has 2 aromatic rings. The highest BCUT2D eigenvalue weighted by atomic mass is 35.5. The lowest BCUT2D eigenvalue weighted by molar-refractivity contribution is -0.134. The second-order valence-corrected chi connectivity index (χ2v) is 7.00. The third kappa shape index (κ3) is 6.12. The predicted octanol–water partition coefficient (Wildman–Crippen LogP) is 4.09. The molecule has 2 amide bonds. The van der Waals surface area contributed by atoms with Crippen molar-refractivity contribution in [1.29, 1.82) is 0 Å². The van der Waals surface area contributed by atoms with E-state index in [0.717, 1.165) is 11.1 Å². The van der Waals surface area contributed by atoms with Gasteiger partial charge in [0.15, 0.2) is 11.5 Å². The largest absolute Gasteiger partial charge is 0.493 e. The molecule has 0 unspecified atom stereocenters. The Labute approximate surface area is 176 Å². The average molecular weight is 419 g/mol. The van der Waals surface area contributed by atoms with Gasteiger partial charge >= 0.3 is 0 Å². The van der Waals surface area contributed by atoms with Crippen molar-refractivity contribution in [3.63, 3.8) is 0 Å². The number of methoxy groups -OCH3 is 2. The van der Waals surface area contributed by atoms with E-state index in [0.29, 0.717) is 35.2 Å². The molecule has 0 spiro atoms. The summed E-state index contributed by atoms with van der Waals surface area (Å²) < 4.78 is 10.7. The number of halogens is 1. The van der Waals surface area contributed by atoms with Gasteiger partial charge in [-0.2, -0.15) is 0 Å². The number of anilines is 1. The molecule has 0 radical (unpaired) electrons. The van der Waals surface area contributed by atoms with E-state index in [9.17, 15) is 9.59 Å². The van der Waals surface area contributed by atoms with Crippen molar-refractivity contribution in [2.75, 3.05) is 32.6 Å². The summed E-state index contributed by atoms with van der Waals surface area (Å²) in [6.07, 6.45) is 0.756. The number of hydrogen-bond acceptors (Lipinski definition) is 4. The highest BCUT2D eigenvalue weighted by molar-refractivity contribution is 6.31. The molecule has 0 aliphatic carbocycles. The number of carbonyl (C=O) groups is 2. The quantitative estimate of drug-likeness (QED) is 0.666. The van der Waals surface area contributed by atoms with Crippen LogP contribution in [0.1, 0.15) is 24.5 Å². The Morgan fingerprint density at radius 3 is 2.55 bits per heavy atom. The summed E-state index contributed by atoms with van der Waals surface area (Å²) in [7, 11) is 3.15. The van der Waals surface area contributed by atoms with Gasteiger partial charge in [0.2, 0.25) is 11.8 Å². The van der Waals surface area contributed by atoms with Gasteiger partial charge in [0, 0.05) is 23.7 Å². The van der Waals surface area contributed by atoms with Gasteiger partial charge in [-0.15, -0.1) is 0 Å². The molecule has 2 aromatic carbocycles. The van der Waals surface area contributed by atoms with Gasteiger partial charge in [-0.05, 0) is 49.6 Å². The fraction of sp³-hybridized carbons (Fsp3) is 0.364. The predicted molar refractivity (Wildman–Crippen MR) is 115 cm³/mol. The SMILES string of the molecule is CCN(CC(=O)Nc1cc(Cl)ccc1C)C(=O)CCc1cccc(OC)c1OC. The summed E-state index contributed by atoms with van der Waals surface area (Å²) >= 11 is 5.99. The van der Waals surface area contributed by atoms with Crippen LogP contribution in [-0.2, 0) is 16.0 Å². The summed E-state index contributed by atoms with van der Waals surface area (Å²) in [6, 6.07) is 10.9.